The minimum Gasteiger partial charge on any atom is -0.229 e. The molecule has 0 N–H and O–H groups in total. The fraction of sp³-hybridized carbons (Fsp3) is 1.00. The molecule has 1 unspecified atom stereocenters. The lowest BCUT2D eigenvalue weighted by atomic mass is 10.2. The second kappa shape index (κ2) is 3.22. The minimum absolute atomic E-state index is 0.364. The molecule has 0 bridgehead atoms. The van der Waals surface area contributed by atoms with E-state index in [9.17, 15) is 8.42 Å². The van der Waals surface area contributed by atoms with Gasteiger partial charge >= 0.3 is 0 Å². The normalized spacial score (nSPS) is 33.1. The monoisotopic (exact) mass is 226 g/mol. The molecule has 60 valence electrons. The highest BCUT2D eigenvalue weighted by Crippen LogP contribution is 2.18. The second-order valence-corrected chi connectivity index (χ2v) is 6.28. The number of hydrogen-bond acceptors (Lipinski definition) is 2. The summed E-state index contributed by atoms with van der Waals surface area (Å²) in [4.78, 5) is 0.421. The first kappa shape index (κ1) is 8.53. The van der Waals surface area contributed by atoms with Crippen molar-refractivity contribution in [2.45, 2.75) is 24.1 Å². The van der Waals surface area contributed by atoms with E-state index in [1.54, 1.807) is 0 Å². The van der Waals surface area contributed by atoms with Gasteiger partial charge in [0.25, 0.3) is 0 Å². The van der Waals surface area contributed by atoms with E-state index in [2.05, 4.69) is 15.9 Å². The van der Waals surface area contributed by atoms with Gasteiger partial charge in [-0.15, -0.1) is 0 Å². The van der Waals surface area contributed by atoms with Crippen molar-refractivity contribution in [3.8, 4) is 0 Å². The second-order valence-electron chi connectivity index (χ2n) is 2.68. The van der Waals surface area contributed by atoms with Gasteiger partial charge in [-0.1, -0.05) is 15.9 Å². The smallest absolute Gasteiger partial charge is 0.150 e. The Morgan fingerprint density at radius 3 is 2.60 bits per heavy atom. The van der Waals surface area contributed by atoms with E-state index in [1.165, 1.54) is 0 Å². The predicted molar refractivity (Wildman–Crippen MR) is 45.2 cm³/mol. The highest BCUT2D eigenvalue weighted by atomic mass is 79.9. The van der Waals surface area contributed by atoms with E-state index >= 15 is 0 Å². The molecule has 1 aliphatic heterocycles. The van der Waals surface area contributed by atoms with Crippen molar-refractivity contribution >= 4 is 25.8 Å². The van der Waals surface area contributed by atoms with Crippen LogP contribution in [0.15, 0.2) is 0 Å². The van der Waals surface area contributed by atoms with Gasteiger partial charge in [0, 0.05) is 4.83 Å². The van der Waals surface area contributed by atoms with Crippen LogP contribution in [0.5, 0.6) is 0 Å². The Hall–Kier alpha value is 0.430. The Labute approximate surface area is 70.1 Å². The first-order valence-electron chi connectivity index (χ1n) is 3.45. The van der Waals surface area contributed by atoms with Crippen molar-refractivity contribution in [2.75, 3.05) is 11.5 Å². The Kier molecular flexibility index (Phi) is 2.74. The third kappa shape index (κ3) is 2.58. The minimum atomic E-state index is -2.68. The van der Waals surface area contributed by atoms with E-state index in [1.807, 2.05) is 0 Å². The van der Waals surface area contributed by atoms with E-state index in [0.717, 1.165) is 19.3 Å². The number of hydrogen-bond donors (Lipinski definition) is 0. The van der Waals surface area contributed by atoms with Crippen molar-refractivity contribution in [2.24, 2.45) is 0 Å². The van der Waals surface area contributed by atoms with Crippen LogP contribution in [0.3, 0.4) is 0 Å². The predicted octanol–water partition coefficient (Wildman–Crippen LogP) is 1.35. The molecule has 0 spiro atoms. The molecule has 1 atom stereocenters. The molecule has 1 aliphatic rings. The fourth-order valence-corrected chi connectivity index (χ4v) is 3.39. The first-order chi connectivity index (χ1) is 4.60. The average Bonchev–Trinajstić information content (AvgIpc) is 1.94. The first-order valence-corrected chi connectivity index (χ1v) is 6.18. The summed E-state index contributed by atoms with van der Waals surface area (Å²) in [6.45, 7) is 0. The summed E-state index contributed by atoms with van der Waals surface area (Å²) >= 11 is 3.43. The highest BCUT2D eigenvalue weighted by Gasteiger charge is 2.18. The Bertz CT molecular complexity index is 198. The van der Waals surface area contributed by atoms with Gasteiger partial charge in [0.15, 0.2) is 0 Å². The van der Waals surface area contributed by atoms with Gasteiger partial charge in [-0.3, -0.25) is 0 Å². The number of rotatable bonds is 0. The van der Waals surface area contributed by atoms with Gasteiger partial charge in [0.2, 0.25) is 0 Å². The molecular weight excluding hydrogens is 216 g/mol. The highest BCUT2D eigenvalue weighted by molar-refractivity contribution is 9.09. The molecule has 4 heteroatoms. The number of sulfone groups is 1. The molecule has 0 saturated carbocycles. The van der Waals surface area contributed by atoms with E-state index in [-0.39, 0.29) is 0 Å². The van der Waals surface area contributed by atoms with Crippen LogP contribution in [0.1, 0.15) is 19.3 Å². The molecule has 2 nitrogen and oxygen atoms in total. The topological polar surface area (TPSA) is 34.1 Å². The van der Waals surface area contributed by atoms with Crippen LogP contribution in [0.2, 0.25) is 0 Å². The maximum Gasteiger partial charge on any atom is 0.150 e. The van der Waals surface area contributed by atoms with Crippen molar-refractivity contribution in [3.63, 3.8) is 0 Å². The summed E-state index contributed by atoms with van der Waals surface area (Å²) in [5, 5.41) is 0. The summed E-state index contributed by atoms with van der Waals surface area (Å²) in [6, 6.07) is 0. The van der Waals surface area contributed by atoms with Crippen LogP contribution in [-0.4, -0.2) is 24.8 Å². The lowest BCUT2D eigenvalue weighted by Crippen LogP contribution is -2.08. The van der Waals surface area contributed by atoms with E-state index < -0.39 is 9.84 Å². The molecule has 0 aromatic carbocycles. The maximum atomic E-state index is 11.0. The zero-order valence-corrected chi connectivity index (χ0v) is 8.12. The third-order valence-electron chi connectivity index (χ3n) is 1.71. The SMILES string of the molecule is O=S1(=O)CCCC(Br)CC1. The molecule has 10 heavy (non-hydrogen) atoms. The summed E-state index contributed by atoms with van der Waals surface area (Å²) in [6.07, 6.45) is 2.60. The fourth-order valence-electron chi connectivity index (χ4n) is 1.08. The molecule has 0 radical (unpaired) electrons. The van der Waals surface area contributed by atoms with E-state index in [0.29, 0.717) is 16.3 Å². The Morgan fingerprint density at radius 2 is 1.90 bits per heavy atom. The number of halogens is 1. The van der Waals surface area contributed by atoms with Crippen LogP contribution in [0.4, 0.5) is 0 Å². The third-order valence-corrected chi connectivity index (χ3v) is 4.40. The van der Waals surface area contributed by atoms with E-state index in [4.69, 9.17) is 0 Å². The van der Waals surface area contributed by atoms with Crippen molar-refractivity contribution in [3.05, 3.63) is 0 Å². The molecule has 1 saturated heterocycles. The van der Waals surface area contributed by atoms with Crippen molar-refractivity contribution in [1.82, 2.24) is 0 Å². The van der Waals surface area contributed by atoms with Gasteiger partial charge < -0.3 is 0 Å². The molecule has 1 fully saturated rings. The van der Waals surface area contributed by atoms with Gasteiger partial charge in [0.1, 0.15) is 9.84 Å². The molecule has 1 rings (SSSR count). The Balaban J connectivity index is 2.58. The van der Waals surface area contributed by atoms with Crippen LogP contribution in [0.25, 0.3) is 0 Å². The van der Waals surface area contributed by atoms with Crippen LogP contribution >= 0.6 is 15.9 Å². The van der Waals surface area contributed by atoms with Gasteiger partial charge in [0.05, 0.1) is 11.5 Å². The van der Waals surface area contributed by atoms with Gasteiger partial charge in [-0.05, 0) is 19.3 Å². The zero-order chi connectivity index (χ0) is 7.61. The summed E-state index contributed by atoms with van der Waals surface area (Å²) in [5.74, 6) is 0.748. The van der Waals surface area contributed by atoms with Crippen molar-refractivity contribution in [1.29, 1.82) is 0 Å². The van der Waals surface area contributed by atoms with Crippen molar-refractivity contribution < 1.29 is 8.42 Å². The molecule has 0 aromatic heterocycles. The lowest BCUT2D eigenvalue weighted by molar-refractivity contribution is 0.595. The van der Waals surface area contributed by atoms with Crippen LogP contribution in [0, 0.1) is 0 Å². The average molecular weight is 227 g/mol. The standard InChI is InChI=1S/C6H11BrO2S/c7-6-2-1-4-10(8,9)5-3-6/h6H,1-5H2. The van der Waals surface area contributed by atoms with Gasteiger partial charge in [-0.25, -0.2) is 8.42 Å². The maximum absolute atomic E-state index is 11.0. The zero-order valence-electron chi connectivity index (χ0n) is 5.72. The lowest BCUT2D eigenvalue weighted by Gasteiger charge is -1.99. The van der Waals surface area contributed by atoms with Crippen LogP contribution < -0.4 is 0 Å². The summed E-state index contributed by atoms with van der Waals surface area (Å²) < 4.78 is 22.0. The summed E-state index contributed by atoms with van der Waals surface area (Å²) in [7, 11) is -2.68. The van der Waals surface area contributed by atoms with Crippen LogP contribution in [-0.2, 0) is 9.84 Å². The molecule has 0 aromatic rings. The summed E-state index contributed by atoms with van der Waals surface area (Å²) in [5.41, 5.74) is 0. The molecular formula is C6H11BrO2S. The number of alkyl halides is 1. The molecule has 0 amide bonds. The molecule has 1 heterocycles. The van der Waals surface area contributed by atoms with Gasteiger partial charge in [-0.2, -0.15) is 0 Å². The molecule has 0 aliphatic carbocycles. The quantitative estimate of drug-likeness (QED) is 0.585. The Morgan fingerprint density at radius 1 is 1.20 bits per heavy atom. The largest absolute Gasteiger partial charge is 0.229 e.